The first-order valence-corrected chi connectivity index (χ1v) is 17.1. The summed E-state index contributed by atoms with van der Waals surface area (Å²) in [6.07, 6.45) is 4.70. The standard InChI is InChI=1S/C39H43N3O4S/c1-6-22-40(29-16-12-9-13-17-29)35(44)32-33-36(45)42(31(25-43)28-14-10-8-11-15-28)34(39(33)21-20-38(32,5)47-39)37(46)41(23-7-2)30-24-26(3)18-19-27(30)4/h6-19,24,31-34,43H,1-2,20-23,25H2,3-5H3/t31-,32-,33+,34?,38+,39?/m1/s1. The summed E-state index contributed by atoms with van der Waals surface area (Å²) in [5.41, 5.74) is 4.19. The molecule has 8 heteroatoms. The molecule has 6 rings (SSSR count). The Hall–Kier alpha value is -4.14. The van der Waals surface area contributed by atoms with Crippen molar-refractivity contribution < 1.29 is 19.5 Å². The van der Waals surface area contributed by atoms with E-state index in [9.17, 15) is 9.90 Å². The molecule has 3 saturated heterocycles. The number of para-hydroxylation sites is 1. The first-order valence-electron chi connectivity index (χ1n) is 16.3. The molecule has 0 aromatic heterocycles. The summed E-state index contributed by atoms with van der Waals surface area (Å²) in [6, 6.07) is 23.2. The molecule has 3 aliphatic heterocycles. The number of nitrogens with zero attached hydrogens (tertiary/aromatic N) is 3. The van der Waals surface area contributed by atoms with Crippen molar-refractivity contribution in [2.24, 2.45) is 11.8 Å². The van der Waals surface area contributed by atoms with Crippen LogP contribution < -0.4 is 9.80 Å². The average Bonchev–Trinajstić information content (AvgIpc) is 3.65. The van der Waals surface area contributed by atoms with Crippen molar-refractivity contribution in [2.75, 3.05) is 29.5 Å². The number of fused-ring (bicyclic) bond motifs is 1. The molecule has 1 spiro atoms. The van der Waals surface area contributed by atoms with Gasteiger partial charge in [-0.25, -0.2) is 0 Å². The van der Waals surface area contributed by atoms with Gasteiger partial charge in [-0.3, -0.25) is 14.4 Å². The Kier molecular flexibility index (Phi) is 8.94. The molecule has 1 N–H and O–H groups in total. The van der Waals surface area contributed by atoms with Gasteiger partial charge in [0.15, 0.2) is 0 Å². The quantitative estimate of drug-likeness (QED) is 0.248. The van der Waals surface area contributed by atoms with Gasteiger partial charge in [-0.2, -0.15) is 0 Å². The Morgan fingerprint density at radius 2 is 1.60 bits per heavy atom. The minimum Gasteiger partial charge on any atom is -0.394 e. The lowest BCUT2D eigenvalue weighted by atomic mass is 9.66. The highest BCUT2D eigenvalue weighted by Crippen LogP contribution is 2.72. The lowest BCUT2D eigenvalue weighted by molar-refractivity contribution is -0.142. The maximum atomic E-state index is 15.3. The molecule has 2 bridgehead atoms. The molecular formula is C39H43N3O4S. The monoisotopic (exact) mass is 649 g/mol. The molecule has 3 heterocycles. The average molecular weight is 650 g/mol. The largest absolute Gasteiger partial charge is 0.394 e. The van der Waals surface area contributed by atoms with E-state index in [-0.39, 0.29) is 30.9 Å². The molecular weight excluding hydrogens is 607 g/mol. The summed E-state index contributed by atoms with van der Waals surface area (Å²) in [7, 11) is 0. The lowest BCUT2D eigenvalue weighted by Crippen LogP contribution is -2.56. The lowest BCUT2D eigenvalue weighted by Gasteiger charge is -2.40. The van der Waals surface area contributed by atoms with Crippen molar-refractivity contribution in [1.82, 2.24) is 4.90 Å². The summed E-state index contributed by atoms with van der Waals surface area (Å²) < 4.78 is -1.42. The number of hydrogen-bond acceptors (Lipinski definition) is 5. The zero-order valence-electron chi connectivity index (χ0n) is 27.3. The predicted octanol–water partition coefficient (Wildman–Crippen LogP) is 6.26. The van der Waals surface area contributed by atoms with Gasteiger partial charge < -0.3 is 19.8 Å². The topological polar surface area (TPSA) is 81.2 Å². The minimum absolute atomic E-state index is 0.142. The van der Waals surface area contributed by atoms with Crippen molar-refractivity contribution >= 4 is 40.9 Å². The van der Waals surface area contributed by atoms with Gasteiger partial charge in [-0.15, -0.1) is 24.9 Å². The van der Waals surface area contributed by atoms with Crippen LogP contribution in [-0.2, 0) is 14.4 Å². The molecule has 2 unspecified atom stereocenters. The van der Waals surface area contributed by atoms with Gasteiger partial charge in [0.25, 0.3) is 5.91 Å². The number of thioether (sulfide) groups is 1. The second-order valence-electron chi connectivity index (χ2n) is 13.2. The normalized spacial score (nSPS) is 26.5. The maximum Gasteiger partial charge on any atom is 0.251 e. The second-order valence-corrected chi connectivity index (χ2v) is 15.1. The molecule has 3 amide bonds. The molecule has 0 aliphatic carbocycles. The van der Waals surface area contributed by atoms with Gasteiger partial charge in [0.05, 0.1) is 29.2 Å². The zero-order chi connectivity index (χ0) is 33.5. The number of aryl methyl sites for hydroxylation is 2. The van der Waals surface area contributed by atoms with Crippen LogP contribution >= 0.6 is 11.8 Å². The fourth-order valence-corrected chi connectivity index (χ4v) is 10.5. The van der Waals surface area contributed by atoms with E-state index in [0.717, 1.165) is 28.1 Å². The van der Waals surface area contributed by atoms with E-state index in [1.54, 1.807) is 38.6 Å². The predicted molar refractivity (Wildman–Crippen MR) is 189 cm³/mol. The molecule has 6 atom stereocenters. The molecule has 3 fully saturated rings. The summed E-state index contributed by atoms with van der Waals surface area (Å²) in [6.45, 7) is 14.1. The van der Waals surface area contributed by atoms with Gasteiger partial charge in [-0.05, 0) is 68.5 Å². The van der Waals surface area contributed by atoms with Gasteiger partial charge in [0, 0.05) is 29.2 Å². The SMILES string of the molecule is C=CCN(C(=O)[C@H]1[C@H]2C(=O)N([C@H](CO)c3ccccc3)C(C(=O)N(CC=C)c3cc(C)ccc3C)C23CC[C@]1(C)S3)c1ccccc1. The van der Waals surface area contributed by atoms with Crippen LogP contribution in [0.1, 0.15) is 42.5 Å². The first kappa shape index (κ1) is 32.8. The molecule has 0 radical (unpaired) electrons. The number of benzene rings is 3. The van der Waals surface area contributed by atoms with Gasteiger partial charge in [-0.1, -0.05) is 72.8 Å². The van der Waals surface area contributed by atoms with E-state index < -0.39 is 33.4 Å². The Morgan fingerprint density at radius 3 is 2.23 bits per heavy atom. The van der Waals surface area contributed by atoms with Crippen molar-refractivity contribution in [3.8, 4) is 0 Å². The van der Waals surface area contributed by atoms with Crippen LogP contribution in [0, 0.1) is 25.7 Å². The van der Waals surface area contributed by atoms with Crippen LogP contribution in [0.5, 0.6) is 0 Å². The molecule has 7 nitrogen and oxygen atoms in total. The summed E-state index contributed by atoms with van der Waals surface area (Å²) in [5, 5.41) is 10.9. The van der Waals surface area contributed by atoms with Crippen LogP contribution in [0.2, 0.25) is 0 Å². The Labute approximate surface area is 281 Å². The molecule has 3 aliphatic rings. The third-order valence-corrected chi connectivity index (χ3v) is 12.3. The van der Waals surface area contributed by atoms with E-state index in [1.165, 1.54) is 0 Å². The van der Waals surface area contributed by atoms with Crippen molar-refractivity contribution in [1.29, 1.82) is 0 Å². The van der Waals surface area contributed by atoms with Crippen LogP contribution in [0.3, 0.4) is 0 Å². The second kappa shape index (κ2) is 12.8. The maximum absolute atomic E-state index is 15.3. The zero-order valence-corrected chi connectivity index (χ0v) is 28.2. The third kappa shape index (κ3) is 5.32. The van der Waals surface area contributed by atoms with Crippen LogP contribution in [0.15, 0.2) is 104 Å². The highest BCUT2D eigenvalue weighted by Gasteiger charge is 2.78. The van der Waals surface area contributed by atoms with Gasteiger partial charge in [0.1, 0.15) is 6.04 Å². The molecule has 244 valence electrons. The summed E-state index contributed by atoms with van der Waals surface area (Å²) >= 11 is 1.63. The fourth-order valence-electron chi connectivity index (χ4n) is 8.21. The Balaban J connectivity index is 1.52. The molecule has 3 aromatic rings. The number of aliphatic hydroxyl groups excluding tert-OH is 1. The fraction of sp³-hybridized carbons (Fsp3) is 0.359. The number of likely N-dealkylation sites (tertiary alicyclic amines) is 1. The van der Waals surface area contributed by atoms with E-state index in [2.05, 4.69) is 20.1 Å². The van der Waals surface area contributed by atoms with Crippen molar-refractivity contribution in [3.63, 3.8) is 0 Å². The van der Waals surface area contributed by atoms with Crippen molar-refractivity contribution in [2.45, 2.75) is 55.2 Å². The number of hydrogen-bond donors (Lipinski definition) is 1. The molecule has 3 aromatic carbocycles. The number of rotatable bonds is 11. The highest BCUT2D eigenvalue weighted by atomic mass is 32.2. The van der Waals surface area contributed by atoms with E-state index in [4.69, 9.17) is 0 Å². The van der Waals surface area contributed by atoms with Crippen molar-refractivity contribution in [3.05, 3.63) is 121 Å². The number of anilines is 2. The van der Waals surface area contributed by atoms with Gasteiger partial charge in [0.2, 0.25) is 11.8 Å². The van der Waals surface area contributed by atoms with Crippen LogP contribution in [0.4, 0.5) is 11.4 Å². The first-order chi connectivity index (χ1) is 22.6. The van der Waals surface area contributed by atoms with E-state index in [0.29, 0.717) is 19.4 Å². The molecule has 0 saturated carbocycles. The number of aliphatic hydroxyl groups is 1. The number of carbonyl (C=O) groups is 3. The van der Waals surface area contributed by atoms with Crippen LogP contribution in [0.25, 0.3) is 0 Å². The third-order valence-electron chi connectivity index (χ3n) is 10.3. The number of amides is 3. The Morgan fingerprint density at radius 1 is 0.957 bits per heavy atom. The highest BCUT2D eigenvalue weighted by molar-refractivity contribution is 8.02. The smallest absolute Gasteiger partial charge is 0.251 e. The van der Waals surface area contributed by atoms with E-state index >= 15 is 9.59 Å². The number of carbonyl (C=O) groups excluding carboxylic acids is 3. The van der Waals surface area contributed by atoms with Gasteiger partial charge >= 0.3 is 0 Å². The van der Waals surface area contributed by atoms with E-state index in [1.807, 2.05) is 92.7 Å². The summed E-state index contributed by atoms with van der Waals surface area (Å²) in [4.78, 5) is 50.2. The van der Waals surface area contributed by atoms with Crippen LogP contribution in [-0.4, -0.2) is 63.0 Å². The minimum atomic E-state index is -0.911. The Bertz CT molecular complexity index is 1700. The summed E-state index contributed by atoms with van der Waals surface area (Å²) in [5.74, 6) is -2.04. The molecule has 47 heavy (non-hydrogen) atoms.